The largest absolute Gasteiger partial charge is 0.313 e. The lowest BCUT2D eigenvalue weighted by Crippen LogP contribution is -2.27. The van der Waals surface area contributed by atoms with Gasteiger partial charge in [0.05, 0.1) is 0 Å². The Morgan fingerprint density at radius 1 is 1.31 bits per heavy atom. The van der Waals surface area contributed by atoms with Crippen LogP contribution in [0.4, 0.5) is 4.39 Å². The van der Waals surface area contributed by atoms with E-state index in [1.165, 1.54) is 19.3 Å². The molecule has 0 heterocycles. The Morgan fingerprint density at radius 2 is 2.06 bits per heavy atom. The molecule has 1 aliphatic carbocycles. The van der Waals surface area contributed by atoms with Crippen molar-refractivity contribution in [2.45, 2.75) is 32.2 Å². The van der Waals surface area contributed by atoms with Gasteiger partial charge in [0.15, 0.2) is 0 Å². The molecule has 3 atom stereocenters. The van der Waals surface area contributed by atoms with E-state index in [1.54, 1.807) is 12.1 Å². The van der Waals surface area contributed by atoms with Gasteiger partial charge in [-0.2, -0.15) is 0 Å². The number of halogens is 1. The lowest BCUT2D eigenvalue weighted by molar-refractivity contribution is 0.309. The zero-order chi connectivity index (χ0) is 11.5. The Hall–Kier alpha value is -0.890. The van der Waals surface area contributed by atoms with Gasteiger partial charge in [0.1, 0.15) is 5.82 Å². The summed E-state index contributed by atoms with van der Waals surface area (Å²) in [6.45, 7) is 2.28. The van der Waals surface area contributed by atoms with E-state index >= 15 is 0 Å². The molecule has 0 aliphatic heterocycles. The third-order valence-electron chi connectivity index (χ3n) is 3.91. The molecular weight excluding hydrogens is 201 g/mol. The summed E-state index contributed by atoms with van der Waals surface area (Å²) in [5.74, 6) is 1.18. The highest BCUT2D eigenvalue weighted by Gasteiger charge is 2.31. The van der Waals surface area contributed by atoms with Crippen molar-refractivity contribution in [3.8, 4) is 0 Å². The minimum atomic E-state index is -0.0825. The molecule has 3 unspecified atom stereocenters. The van der Waals surface area contributed by atoms with Crippen LogP contribution in [0.3, 0.4) is 0 Å². The second-order valence-corrected chi connectivity index (χ2v) is 4.86. The topological polar surface area (TPSA) is 12.0 Å². The van der Waals surface area contributed by atoms with Crippen molar-refractivity contribution < 1.29 is 4.39 Å². The molecule has 1 N–H and O–H groups in total. The van der Waals surface area contributed by atoms with Crippen molar-refractivity contribution in [1.82, 2.24) is 5.32 Å². The number of benzene rings is 1. The van der Waals surface area contributed by atoms with Gasteiger partial charge >= 0.3 is 0 Å². The lowest BCUT2D eigenvalue weighted by Gasteiger charge is -2.27. The molecule has 1 fully saturated rings. The summed E-state index contributed by atoms with van der Waals surface area (Å²) in [5, 5.41) is 3.29. The first-order valence-corrected chi connectivity index (χ1v) is 6.15. The van der Waals surface area contributed by atoms with E-state index in [4.69, 9.17) is 0 Å². The Balaban J connectivity index is 2.25. The van der Waals surface area contributed by atoms with Crippen molar-refractivity contribution in [3.63, 3.8) is 0 Å². The Morgan fingerprint density at radius 3 is 2.62 bits per heavy atom. The van der Waals surface area contributed by atoms with Crippen LogP contribution in [0.25, 0.3) is 0 Å². The fraction of sp³-hybridized carbons (Fsp3) is 0.571. The number of hydrogen-bond acceptors (Lipinski definition) is 1. The molecule has 0 aromatic heterocycles. The maximum absolute atomic E-state index is 13.8. The number of hydrogen-bond donors (Lipinski definition) is 1. The van der Waals surface area contributed by atoms with E-state index in [2.05, 4.69) is 12.2 Å². The van der Waals surface area contributed by atoms with Gasteiger partial charge in [0.25, 0.3) is 0 Å². The average molecular weight is 221 g/mol. The number of rotatable bonds is 3. The van der Waals surface area contributed by atoms with Gasteiger partial charge in [-0.3, -0.25) is 0 Å². The monoisotopic (exact) mass is 221 g/mol. The van der Waals surface area contributed by atoms with Crippen molar-refractivity contribution >= 4 is 0 Å². The molecule has 1 aromatic rings. The first-order chi connectivity index (χ1) is 7.74. The molecule has 0 radical (unpaired) electrons. The summed E-state index contributed by atoms with van der Waals surface area (Å²) in [7, 11) is 1.93. The Kier molecular flexibility index (Phi) is 3.59. The zero-order valence-electron chi connectivity index (χ0n) is 10.0. The molecule has 1 aromatic carbocycles. The van der Waals surface area contributed by atoms with E-state index in [0.717, 1.165) is 5.56 Å². The van der Waals surface area contributed by atoms with Crippen molar-refractivity contribution in [3.05, 3.63) is 35.6 Å². The highest BCUT2D eigenvalue weighted by atomic mass is 19.1. The molecule has 2 heteroatoms. The van der Waals surface area contributed by atoms with Crippen LogP contribution in [0.15, 0.2) is 24.3 Å². The van der Waals surface area contributed by atoms with E-state index in [1.807, 2.05) is 19.2 Å². The molecule has 0 spiro atoms. The summed E-state index contributed by atoms with van der Waals surface area (Å²) in [6.07, 6.45) is 3.76. The normalized spacial score (nSPS) is 26.9. The van der Waals surface area contributed by atoms with Crippen LogP contribution in [-0.4, -0.2) is 7.05 Å². The summed E-state index contributed by atoms with van der Waals surface area (Å²) in [6, 6.07) is 7.30. The predicted octanol–water partition coefficient (Wildman–Crippen LogP) is 3.52. The van der Waals surface area contributed by atoms with Crippen molar-refractivity contribution in [2.24, 2.45) is 11.8 Å². The van der Waals surface area contributed by atoms with Gasteiger partial charge in [-0.05, 0) is 31.4 Å². The second kappa shape index (κ2) is 4.96. The maximum Gasteiger partial charge on any atom is 0.127 e. The third kappa shape index (κ3) is 2.12. The van der Waals surface area contributed by atoms with Gasteiger partial charge < -0.3 is 5.32 Å². The first-order valence-electron chi connectivity index (χ1n) is 6.15. The minimum Gasteiger partial charge on any atom is -0.313 e. The standard InChI is InChI=1S/C14H20FN/c1-10-6-5-8-11(10)14(16-2)12-7-3-4-9-13(12)15/h3-4,7,9-11,14,16H,5-6,8H2,1-2H3. The second-order valence-electron chi connectivity index (χ2n) is 4.86. The third-order valence-corrected chi connectivity index (χ3v) is 3.91. The number of nitrogens with one attached hydrogen (secondary N) is 1. The van der Waals surface area contributed by atoms with E-state index in [9.17, 15) is 4.39 Å². The molecule has 0 bridgehead atoms. The van der Waals surface area contributed by atoms with Crippen LogP contribution in [0.2, 0.25) is 0 Å². The summed E-state index contributed by atoms with van der Waals surface area (Å²) in [5.41, 5.74) is 0.823. The molecule has 1 nitrogen and oxygen atoms in total. The molecule has 0 saturated heterocycles. The van der Waals surface area contributed by atoms with Gasteiger partial charge in [0, 0.05) is 11.6 Å². The van der Waals surface area contributed by atoms with Crippen LogP contribution in [-0.2, 0) is 0 Å². The molecular formula is C14H20FN. The molecule has 16 heavy (non-hydrogen) atoms. The van der Waals surface area contributed by atoms with E-state index < -0.39 is 0 Å². The van der Waals surface area contributed by atoms with Crippen LogP contribution in [0.5, 0.6) is 0 Å². The van der Waals surface area contributed by atoms with E-state index in [0.29, 0.717) is 11.8 Å². The van der Waals surface area contributed by atoms with Crippen LogP contribution in [0.1, 0.15) is 37.8 Å². The molecule has 1 saturated carbocycles. The summed E-state index contributed by atoms with van der Waals surface area (Å²) in [4.78, 5) is 0. The average Bonchev–Trinajstić information content (AvgIpc) is 2.69. The minimum absolute atomic E-state index is 0.0825. The molecule has 0 amide bonds. The fourth-order valence-electron chi connectivity index (χ4n) is 3.00. The highest BCUT2D eigenvalue weighted by molar-refractivity contribution is 5.22. The van der Waals surface area contributed by atoms with Crippen molar-refractivity contribution in [1.29, 1.82) is 0 Å². The molecule has 88 valence electrons. The maximum atomic E-state index is 13.8. The van der Waals surface area contributed by atoms with Crippen molar-refractivity contribution in [2.75, 3.05) is 7.05 Å². The van der Waals surface area contributed by atoms with Gasteiger partial charge in [-0.25, -0.2) is 4.39 Å². The Labute approximate surface area is 97.1 Å². The van der Waals surface area contributed by atoms with Crippen LogP contribution < -0.4 is 5.32 Å². The fourth-order valence-corrected chi connectivity index (χ4v) is 3.00. The SMILES string of the molecule is CNC(c1ccccc1F)C1CCCC1C. The predicted molar refractivity (Wildman–Crippen MR) is 64.7 cm³/mol. The quantitative estimate of drug-likeness (QED) is 0.823. The van der Waals surface area contributed by atoms with Gasteiger partial charge in [0.2, 0.25) is 0 Å². The van der Waals surface area contributed by atoms with Gasteiger partial charge in [-0.1, -0.05) is 38.0 Å². The zero-order valence-corrected chi connectivity index (χ0v) is 10.0. The summed E-state index contributed by atoms with van der Waals surface area (Å²) >= 11 is 0. The van der Waals surface area contributed by atoms with Crippen LogP contribution in [0, 0.1) is 17.7 Å². The molecule has 2 rings (SSSR count). The smallest absolute Gasteiger partial charge is 0.127 e. The van der Waals surface area contributed by atoms with Gasteiger partial charge in [-0.15, -0.1) is 0 Å². The lowest BCUT2D eigenvalue weighted by atomic mass is 9.86. The van der Waals surface area contributed by atoms with Crippen LogP contribution >= 0.6 is 0 Å². The highest BCUT2D eigenvalue weighted by Crippen LogP contribution is 2.40. The Bertz CT molecular complexity index is 350. The molecule has 1 aliphatic rings. The first kappa shape index (κ1) is 11.6. The van der Waals surface area contributed by atoms with E-state index in [-0.39, 0.29) is 11.9 Å². The summed E-state index contributed by atoms with van der Waals surface area (Å²) < 4.78 is 13.8.